The van der Waals surface area contributed by atoms with Crippen LogP contribution in [0.2, 0.25) is 0 Å². The van der Waals surface area contributed by atoms with E-state index < -0.39 is 0 Å². The molecule has 13 aliphatic rings. The van der Waals surface area contributed by atoms with Gasteiger partial charge in [-0.25, -0.2) is 0 Å². The zero-order chi connectivity index (χ0) is 101. The summed E-state index contributed by atoms with van der Waals surface area (Å²) in [5, 5.41) is 46.4. The van der Waals surface area contributed by atoms with Crippen LogP contribution in [0.5, 0.6) is 0 Å². The minimum atomic E-state index is -0.269. The van der Waals surface area contributed by atoms with Crippen LogP contribution in [0, 0.1) is 88.4 Å². The van der Waals surface area contributed by atoms with E-state index in [-0.39, 0.29) is 56.7 Å². The van der Waals surface area contributed by atoms with Gasteiger partial charge in [0.2, 0.25) is 0 Å². The molecule has 143 heavy (non-hydrogen) atoms. The summed E-state index contributed by atoms with van der Waals surface area (Å²) in [6.45, 7) is 45.3. The van der Waals surface area contributed by atoms with Gasteiger partial charge in [-0.1, -0.05) is 264 Å². The Morgan fingerprint density at radius 2 is 0.692 bits per heavy atom. The van der Waals surface area contributed by atoms with Crippen molar-refractivity contribution >= 4 is 34.7 Å². The zero-order valence-corrected chi connectivity index (χ0v) is 88.6. The molecule has 6 aromatic heterocycles. The monoisotopic (exact) mass is 1910 g/mol. The van der Waals surface area contributed by atoms with Crippen molar-refractivity contribution in [2.24, 2.45) is 33.0 Å². The Hall–Kier alpha value is -12.2. The van der Waals surface area contributed by atoms with Crippen molar-refractivity contribution in [2.45, 2.75) is 347 Å². The second-order valence-electron chi connectivity index (χ2n) is 48.2. The Balaban J connectivity index is 0.000000109. The highest BCUT2D eigenvalue weighted by atomic mass is 16.1. The maximum Gasteiger partial charge on any atom is 0.165 e. The van der Waals surface area contributed by atoms with Crippen LogP contribution in [0.1, 0.15) is 399 Å². The lowest BCUT2D eigenvalue weighted by Crippen LogP contribution is -2.35. The zero-order valence-electron chi connectivity index (χ0n) is 88.6. The third-order valence-corrected chi connectivity index (χ3v) is 34.1. The fourth-order valence-corrected chi connectivity index (χ4v) is 27.6. The van der Waals surface area contributed by atoms with Crippen molar-refractivity contribution in [1.82, 2.24) is 61.2 Å². The first-order chi connectivity index (χ1) is 68.2. The molecule has 0 amide bonds. The summed E-state index contributed by atoms with van der Waals surface area (Å²) in [7, 11) is 0. The summed E-state index contributed by atoms with van der Waals surface area (Å²) in [5.74, 6) is 3.51. The number of hydrogen-bond donors (Lipinski definition) is 6. The summed E-state index contributed by atoms with van der Waals surface area (Å²) in [6.07, 6.45) is 25.7. The third kappa shape index (κ3) is 19.0. The number of allylic oxidation sites excluding steroid dienone is 12. The average molecular weight is 1910 g/mol. The highest BCUT2D eigenvalue weighted by Gasteiger charge is 2.51. The normalized spacial score (nSPS) is 22.9. The van der Waals surface area contributed by atoms with Crippen molar-refractivity contribution in [2.75, 3.05) is 0 Å². The van der Waals surface area contributed by atoms with Gasteiger partial charge in [0.1, 0.15) is 0 Å². The minimum Gasteiger partial charge on any atom is -0.295 e. The average Bonchev–Trinajstić information content (AvgIpc) is 1.67. The van der Waals surface area contributed by atoms with Gasteiger partial charge in [0.05, 0.1) is 34.7 Å². The van der Waals surface area contributed by atoms with Gasteiger partial charge in [-0.3, -0.25) is 59.4 Å². The van der Waals surface area contributed by atoms with Gasteiger partial charge in [-0.05, 0) is 215 Å². The lowest BCUT2D eigenvalue weighted by Gasteiger charge is -2.41. The molecular formula is C125H148N12O6. The molecule has 6 heterocycles. The minimum absolute atomic E-state index is 0.0229. The Morgan fingerprint density at radius 3 is 1.15 bits per heavy atom. The van der Waals surface area contributed by atoms with E-state index in [4.69, 9.17) is 0 Å². The molecule has 18 heteroatoms. The maximum absolute atomic E-state index is 13.3. The second-order valence-corrected chi connectivity index (χ2v) is 48.2. The van der Waals surface area contributed by atoms with E-state index in [0.717, 1.165) is 158 Å². The third-order valence-electron chi connectivity index (χ3n) is 34.1. The highest BCUT2D eigenvalue weighted by Crippen LogP contribution is 2.58. The molecule has 6 N–H and O–H groups in total. The molecule has 0 bridgehead atoms. The number of carbonyl (C=O) groups excluding carboxylic acids is 6. The van der Waals surface area contributed by atoms with Gasteiger partial charge < -0.3 is 0 Å². The predicted octanol–water partition coefficient (Wildman–Crippen LogP) is 26.7. The standard InChI is InChI=1S/C23H28N2O.C22H26N2O.C21H24N2O.C20H22N2O.C20H28N2O.C19H20N2O/c1-13(2)22-21-17(24-25-22)10-15-11-23(4,5)12-18(26)19(15)20(21)16-9-7-6-8-14(16)3;1-5-16-21-17(24-23-16)10-14-11-22(3,4)12-18(25)19(14)20(21)15-9-7-6-8-13(15)2;1-12-7-5-6-8-15(12)19-17-13(2)22-23-16(17)11-14-9-10-21(3,4)20(24)18(14)19;1-12-6-4-5-7-14(12)19-15-11-21-22-16(15)8-13-9-20(2,3)10-17(23)18(13)19;1-12-17-15(22-21-12)9-14-10-20(2,3)11-16(23)18(14)19(17)13-7-5-4-6-8-13;1-11-6-3-4-8-14(11)19-17-12(2)20-21-15(17)10-13-7-5-9-16(22)18(13)19/h6-9,13,20H,10-12H2,1-5H3,(H,24,25);6-9,20H,5,10-12H2,1-4H3,(H,23,24);5-8,19H,9-11H2,1-4H3,(H,22,23);4-7,11,19H,8-10H2,1-3H3,(H,21,22);13,19H,4-11H2,1-3H3,(H,21,22);3-4,6,8,19H,5,7,9-10H2,1-2H3,(H,20,21). The van der Waals surface area contributed by atoms with E-state index >= 15 is 0 Å². The number of ketones is 6. The summed E-state index contributed by atoms with van der Waals surface area (Å²) < 4.78 is 0. The lowest BCUT2D eigenvalue weighted by molar-refractivity contribution is -0.124. The maximum atomic E-state index is 13.3. The summed E-state index contributed by atoms with van der Waals surface area (Å²) >= 11 is 0. The molecule has 24 rings (SSSR count). The molecular weight excluding hydrogens is 1770 g/mol. The van der Waals surface area contributed by atoms with Gasteiger partial charge in [0.15, 0.2) is 34.7 Å². The number of carbonyl (C=O) groups is 6. The van der Waals surface area contributed by atoms with E-state index in [1.807, 2.05) is 6.20 Å². The van der Waals surface area contributed by atoms with E-state index in [2.05, 4.69) is 328 Å². The Kier molecular flexibility index (Phi) is 27.2. The summed E-state index contributed by atoms with van der Waals surface area (Å²) in [6, 6.07) is 42.2. The molecule has 1 saturated carbocycles. The molecule has 0 spiro atoms. The number of nitrogens with one attached hydrogen (secondary N) is 6. The number of aryl methyl sites for hydroxylation is 9. The molecule has 1 fully saturated rings. The molecule has 0 saturated heterocycles. The van der Waals surface area contributed by atoms with Crippen LogP contribution in [0.4, 0.5) is 0 Å². The van der Waals surface area contributed by atoms with Crippen molar-refractivity contribution in [3.63, 3.8) is 0 Å². The van der Waals surface area contributed by atoms with Crippen LogP contribution in [0.3, 0.4) is 0 Å². The van der Waals surface area contributed by atoms with Gasteiger partial charge >= 0.3 is 0 Å². The Morgan fingerprint density at radius 1 is 0.329 bits per heavy atom. The van der Waals surface area contributed by atoms with Crippen LogP contribution in [-0.4, -0.2) is 95.9 Å². The number of hydrogen-bond acceptors (Lipinski definition) is 12. The molecule has 18 nitrogen and oxygen atoms in total. The van der Waals surface area contributed by atoms with Crippen LogP contribution >= 0.6 is 0 Å². The molecule has 11 aromatic rings. The fourth-order valence-electron chi connectivity index (χ4n) is 27.6. The van der Waals surface area contributed by atoms with E-state index in [0.29, 0.717) is 84.6 Å². The Bertz CT molecular complexity index is 7130. The lowest BCUT2D eigenvalue weighted by atomic mass is 9.62. The largest absolute Gasteiger partial charge is 0.295 e. The van der Waals surface area contributed by atoms with Gasteiger partial charge in [0, 0.05) is 213 Å². The van der Waals surface area contributed by atoms with Crippen LogP contribution in [0.15, 0.2) is 194 Å². The van der Waals surface area contributed by atoms with Crippen LogP contribution < -0.4 is 0 Å². The molecule has 13 aliphatic carbocycles. The number of benzene rings is 5. The first kappa shape index (κ1) is 99.5. The summed E-state index contributed by atoms with van der Waals surface area (Å²) in [5.41, 5.74) is 46.8. The second kappa shape index (κ2) is 39.1. The van der Waals surface area contributed by atoms with Crippen molar-refractivity contribution in [3.05, 3.63) is 346 Å². The van der Waals surface area contributed by atoms with Crippen LogP contribution in [0.25, 0.3) is 0 Å². The molecule has 6 atom stereocenters. The number of rotatable bonds is 8. The SMILES string of the molecule is CCc1n[nH]c2c1C(c1ccccc1C)C1=C(C2)CC(C)(C)CC1=O.Cc1[nH]nc2c1C(C1CCCCC1)C1=C(C2)CC(C)(C)CC1=O.Cc1ccccc1C1C2=C(CCC(C)(C)C2=O)Cc2n[nH]c(C)c21.Cc1ccccc1C1C2=C(CCCC2=O)Cc2n[nH]c(C)c21.Cc1ccccc1C1C2=C(Cc3[nH]nc(C(C)C)c31)CC(C)(C)CC2=O.Cc1ccccc1C1C2=C(Cc3[nH]ncc31)CC(C)(C)CC2=O. The van der Waals surface area contributed by atoms with Crippen molar-refractivity contribution in [1.29, 1.82) is 0 Å². The van der Waals surface area contributed by atoms with Crippen molar-refractivity contribution in [3.8, 4) is 0 Å². The van der Waals surface area contributed by atoms with E-state index in [1.165, 1.54) is 189 Å². The van der Waals surface area contributed by atoms with E-state index in [9.17, 15) is 28.8 Å². The van der Waals surface area contributed by atoms with Gasteiger partial charge in [-0.2, -0.15) is 30.6 Å². The smallest absolute Gasteiger partial charge is 0.165 e. The Labute approximate surface area is 845 Å². The molecule has 5 aromatic carbocycles. The van der Waals surface area contributed by atoms with Crippen molar-refractivity contribution < 1.29 is 28.8 Å². The number of nitrogens with zero attached hydrogens (tertiary/aromatic N) is 6. The van der Waals surface area contributed by atoms with Gasteiger partial charge in [-0.15, -0.1) is 0 Å². The molecule has 0 aliphatic heterocycles. The highest BCUT2D eigenvalue weighted by molar-refractivity contribution is 6.05. The first-order valence-corrected chi connectivity index (χ1v) is 53.2. The molecule has 744 valence electrons. The number of aromatic nitrogens is 12. The number of H-pyrrole nitrogens is 6. The van der Waals surface area contributed by atoms with Gasteiger partial charge in [0.25, 0.3) is 0 Å². The van der Waals surface area contributed by atoms with Crippen LogP contribution in [-0.2, 0) is 73.7 Å². The fraction of sp³-hybridized carbons (Fsp3) is 0.472. The number of aromatic amines is 6. The van der Waals surface area contributed by atoms with E-state index in [1.54, 1.807) is 0 Å². The first-order valence-electron chi connectivity index (χ1n) is 53.2. The molecule has 0 radical (unpaired) electrons. The predicted molar refractivity (Wildman–Crippen MR) is 567 cm³/mol. The topological polar surface area (TPSA) is 274 Å². The summed E-state index contributed by atoms with van der Waals surface area (Å²) in [4.78, 5) is 78.5. The number of fused-ring (bicyclic) bond motifs is 6. The number of Topliss-reactive ketones (excluding diaryl/α,β-unsaturated/α-hetero) is 6. The quantitative estimate of drug-likeness (QED) is 0.0829. The molecule has 6 unspecified atom stereocenters.